The lowest BCUT2D eigenvalue weighted by atomic mass is 10.3. The highest BCUT2D eigenvalue weighted by atomic mass is 32.2. The Morgan fingerprint density at radius 3 is 1.76 bits per heavy atom. The van der Waals surface area contributed by atoms with Gasteiger partial charge in [0.15, 0.2) is 0 Å². The van der Waals surface area contributed by atoms with E-state index >= 15 is 0 Å². The summed E-state index contributed by atoms with van der Waals surface area (Å²) in [7, 11) is -4.13. The minimum Gasteiger partial charge on any atom is -0.269 e. The summed E-state index contributed by atoms with van der Waals surface area (Å²) in [4.78, 5) is 10.7. The van der Waals surface area contributed by atoms with Crippen LogP contribution in [0.25, 0.3) is 0 Å². The van der Waals surface area contributed by atoms with E-state index in [1.54, 1.807) is 18.2 Å². The van der Waals surface area contributed by atoms with E-state index in [9.17, 15) is 8.42 Å². The van der Waals surface area contributed by atoms with Gasteiger partial charge in [0, 0.05) is 0 Å². The number of rotatable bonds is 2. The zero-order valence-electron chi connectivity index (χ0n) is 8.63. The highest BCUT2D eigenvalue weighted by Gasteiger charge is 2.00. The molecule has 2 N–H and O–H groups in total. The maximum absolute atomic E-state index is 10.2. The predicted octanol–water partition coefficient (Wildman–Crippen LogP) is 0.773. The quantitative estimate of drug-likeness (QED) is 0.767. The molecule has 0 saturated heterocycles. The molecule has 0 unspecified atom stereocenters. The molecule has 7 nitrogen and oxygen atoms in total. The molecule has 0 aliphatic heterocycles. The highest BCUT2D eigenvalue weighted by molar-refractivity contribution is 7.87. The van der Waals surface area contributed by atoms with Crippen LogP contribution in [-0.2, 0) is 10.3 Å². The van der Waals surface area contributed by atoms with E-state index in [2.05, 4.69) is 15.0 Å². The molecular weight excluding hydrogens is 244 g/mol. The number of benzene rings is 1. The van der Waals surface area contributed by atoms with Gasteiger partial charge in [-0.2, -0.15) is 8.42 Å². The van der Waals surface area contributed by atoms with Gasteiger partial charge < -0.3 is 0 Å². The molecule has 2 aromatic rings. The molecule has 0 bridgehead atoms. The molecule has 0 radical (unpaired) electrons. The van der Waals surface area contributed by atoms with Crippen molar-refractivity contribution in [1.29, 1.82) is 0 Å². The van der Waals surface area contributed by atoms with Gasteiger partial charge in [-0.25, -0.2) is 15.0 Å². The van der Waals surface area contributed by atoms with Crippen LogP contribution in [0.15, 0.2) is 49.3 Å². The molecule has 1 aromatic heterocycles. The van der Waals surface area contributed by atoms with E-state index < -0.39 is 10.3 Å². The van der Waals surface area contributed by atoms with Crippen molar-refractivity contribution in [2.24, 2.45) is 0 Å². The Bertz CT molecular complexity index is 492. The lowest BCUT2D eigenvalue weighted by molar-refractivity contribution is 0.490. The van der Waals surface area contributed by atoms with E-state index in [-0.39, 0.29) is 0 Å². The molecule has 2 rings (SSSR count). The summed E-state index contributed by atoms with van der Waals surface area (Å²) >= 11 is 0. The second-order valence-corrected chi connectivity index (χ2v) is 3.89. The van der Waals surface area contributed by atoms with Crippen LogP contribution in [0.1, 0.15) is 0 Å². The number of anilines is 1. The zero-order valence-corrected chi connectivity index (χ0v) is 9.45. The van der Waals surface area contributed by atoms with Crippen LogP contribution in [0.5, 0.6) is 0 Å². The van der Waals surface area contributed by atoms with Gasteiger partial charge in [-0.05, 0) is 12.1 Å². The van der Waals surface area contributed by atoms with Crippen molar-refractivity contribution >= 4 is 16.0 Å². The molecule has 17 heavy (non-hydrogen) atoms. The standard InChI is InChI=1S/C6H7NO3S.C3H3N3/c8-11(9,10)7-6-4-2-1-3-5-6;1-4-2-6-3-5-1/h1-5,7H,(H,8,9,10);1-3H. The summed E-state index contributed by atoms with van der Waals surface area (Å²) in [5.41, 5.74) is 0.343. The van der Waals surface area contributed by atoms with E-state index in [4.69, 9.17) is 4.55 Å². The summed E-state index contributed by atoms with van der Waals surface area (Å²) in [5, 5.41) is 0. The lowest BCUT2D eigenvalue weighted by Crippen LogP contribution is -2.09. The van der Waals surface area contributed by atoms with Crippen molar-refractivity contribution < 1.29 is 13.0 Å². The van der Waals surface area contributed by atoms with E-state index in [1.165, 1.54) is 31.1 Å². The summed E-state index contributed by atoms with van der Waals surface area (Å²) < 4.78 is 30.7. The Kier molecular flexibility index (Phi) is 4.98. The molecule has 1 heterocycles. The van der Waals surface area contributed by atoms with Crippen molar-refractivity contribution in [2.45, 2.75) is 0 Å². The molecule has 0 amide bonds. The second-order valence-electron chi connectivity index (χ2n) is 2.74. The summed E-state index contributed by atoms with van der Waals surface area (Å²) in [6.45, 7) is 0. The van der Waals surface area contributed by atoms with Crippen LogP contribution in [0, 0.1) is 0 Å². The Morgan fingerprint density at radius 1 is 0.941 bits per heavy atom. The van der Waals surface area contributed by atoms with Crippen LogP contribution in [0.2, 0.25) is 0 Å². The van der Waals surface area contributed by atoms with Gasteiger partial charge in [0.2, 0.25) is 0 Å². The number of para-hydroxylation sites is 1. The molecule has 0 aliphatic rings. The van der Waals surface area contributed by atoms with Gasteiger partial charge in [-0.15, -0.1) is 0 Å². The summed E-state index contributed by atoms with van der Waals surface area (Å²) in [6, 6.07) is 8.14. The normalized spacial score (nSPS) is 9.94. The van der Waals surface area contributed by atoms with Gasteiger partial charge in [-0.3, -0.25) is 9.27 Å². The molecule has 90 valence electrons. The van der Waals surface area contributed by atoms with Crippen molar-refractivity contribution in [3.05, 3.63) is 49.3 Å². The molecule has 1 aromatic carbocycles. The number of hydrogen-bond donors (Lipinski definition) is 2. The van der Waals surface area contributed by atoms with Crippen LogP contribution >= 0.6 is 0 Å². The molecule has 0 saturated carbocycles. The summed E-state index contributed by atoms with van der Waals surface area (Å²) in [5.74, 6) is 0. The van der Waals surface area contributed by atoms with Crippen molar-refractivity contribution in [3.63, 3.8) is 0 Å². The smallest absolute Gasteiger partial charge is 0.269 e. The largest absolute Gasteiger partial charge is 0.357 e. The third kappa shape index (κ3) is 6.93. The van der Waals surface area contributed by atoms with Gasteiger partial charge >= 0.3 is 10.3 Å². The molecule has 8 heteroatoms. The molecule has 0 atom stereocenters. The van der Waals surface area contributed by atoms with Crippen LogP contribution in [-0.4, -0.2) is 27.9 Å². The fourth-order valence-corrected chi connectivity index (χ4v) is 1.29. The third-order valence-electron chi connectivity index (χ3n) is 1.42. The first kappa shape index (κ1) is 13.0. The minimum absolute atomic E-state index is 0.343. The Labute approximate surface area is 98.5 Å². The van der Waals surface area contributed by atoms with Crippen LogP contribution in [0.3, 0.4) is 0 Å². The first-order valence-corrected chi connectivity index (χ1v) is 5.87. The third-order valence-corrected chi connectivity index (χ3v) is 1.91. The van der Waals surface area contributed by atoms with E-state index in [0.29, 0.717) is 5.69 Å². The van der Waals surface area contributed by atoms with Gasteiger partial charge in [0.25, 0.3) is 0 Å². The average molecular weight is 254 g/mol. The van der Waals surface area contributed by atoms with Crippen molar-refractivity contribution in [1.82, 2.24) is 15.0 Å². The van der Waals surface area contributed by atoms with Crippen molar-refractivity contribution in [3.8, 4) is 0 Å². The molecule has 0 fully saturated rings. The lowest BCUT2D eigenvalue weighted by Gasteiger charge is -1.99. The molecule has 0 aliphatic carbocycles. The minimum atomic E-state index is -4.13. The zero-order chi connectivity index (χ0) is 12.6. The first-order chi connectivity index (χ1) is 8.08. The Balaban J connectivity index is 0.000000202. The maximum Gasteiger partial charge on any atom is 0.357 e. The fraction of sp³-hybridized carbons (Fsp3) is 0. The van der Waals surface area contributed by atoms with Crippen LogP contribution in [0.4, 0.5) is 5.69 Å². The topological polar surface area (TPSA) is 105 Å². The Hall–Kier alpha value is -2.06. The van der Waals surface area contributed by atoms with Gasteiger partial charge in [-0.1, -0.05) is 18.2 Å². The number of aromatic nitrogens is 3. The van der Waals surface area contributed by atoms with Crippen molar-refractivity contribution in [2.75, 3.05) is 4.72 Å². The maximum atomic E-state index is 10.2. The number of nitrogens with zero attached hydrogens (tertiary/aromatic N) is 3. The SMILES string of the molecule is O=S(=O)(O)Nc1ccccc1.c1ncncn1. The monoisotopic (exact) mass is 254 g/mol. The number of hydrogen-bond acceptors (Lipinski definition) is 5. The molecular formula is C9H10N4O3S. The Morgan fingerprint density at radius 2 is 1.41 bits per heavy atom. The van der Waals surface area contributed by atoms with Gasteiger partial charge in [0.05, 0.1) is 5.69 Å². The average Bonchev–Trinajstić information content (AvgIpc) is 2.31. The molecule has 0 spiro atoms. The van der Waals surface area contributed by atoms with E-state index in [1.807, 2.05) is 4.72 Å². The predicted molar refractivity (Wildman–Crippen MR) is 61.4 cm³/mol. The van der Waals surface area contributed by atoms with Gasteiger partial charge in [0.1, 0.15) is 19.0 Å². The fourth-order valence-electron chi connectivity index (χ4n) is 0.860. The highest BCUT2D eigenvalue weighted by Crippen LogP contribution is 2.05. The number of nitrogens with one attached hydrogen (secondary N) is 1. The van der Waals surface area contributed by atoms with Crippen LogP contribution < -0.4 is 4.72 Å². The second kappa shape index (κ2) is 6.51. The first-order valence-electron chi connectivity index (χ1n) is 4.43. The van der Waals surface area contributed by atoms with E-state index in [0.717, 1.165) is 0 Å². The summed E-state index contributed by atoms with van der Waals surface area (Å²) in [6.07, 6.45) is 4.31.